The lowest BCUT2D eigenvalue weighted by Gasteiger charge is -2.22. The second-order valence-electron chi connectivity index (χ2n) is 8.75. The molecule has 1 heterocycles. The van der Waals surface area contributed by atoms with Gasteiger partial charge in [0.25, 0.3) is 0 Å². The summed E-state index contributed by atoms with van der Waals surface area (Å²) in [5.74, 6) is 1.66. The lowest BCUT2D eigenvalue weighted by atomic mass is 9.86. The first-order valence-electron chi connectivity index (χ1n) is 11.6. The minimum Gasteiger partial charge on any atom is -0.490 e. The summed E-state index contributed by atoms with van der Waals surface area (Å²) in [5, 5.41) is 9.85. The molecule has 2 aromatic carbocycles. The van der Waals surface area contributed by atoms with Crippen molar-refractivity contribution in [1.82, 2.24) is 4.98 Å². The number of nitrogens with two attached hydrogens (primary N) is 1. The topological polar surface area (TPSA) is 81.2 Å². The van der Waals surface area contributed by atoms with Crippen molar-refractivity contribution < 1.29 is 9.47 Å². The molecule has 0 aliphatic heterocycles. The quantitative estimate of drug-likeness (QED) is 0.508. The molecular weight excluding hydrogens is 410 g/mol. The minimum absolute atomic E-state index is 0.303. The van der Waals surface area contributed by atoms with Crippen molar-refractivity contribution >= 4 is 5.82 Å². The van der Waals surface area contributed by atoms with E-state index < -0.39 is 0 Å². The fourth-order valence-corrected chi connectivity index (χ4v) is 4.83. The number of hydrogen-bond acceptors (Lipinski definition) is 5. The van der Waals surface area contributed by atoms with Gasteiger partial charge in [-0.05, 0) is 93.3 Å². The van der Waals surface area contributed by atoms with Crippen molar-refractivity contribution in [3.8, 4) is 28.7 Å². The van der Waals surface area contributed by atoms with Crippen LogP contribution < -0.4 is 15.2 Å². The van der Waals surface area contributed by atoms with E-state index in [1.807, 2.05) is 25.1 Å². The standard InChI is InChI=1S/C28H31N3O2/c1-5-32-26-14-20(27-21-8-6-7-9-24(21)31-28(30)22(27)15-29)10-11-25(26)33-16-23-18(3)12-17(2)13-19(23)4/h10-14H,5-9,16H2,1-4H3,(H2,30,31). The summed E-state index contributed by atoms with van der Waals surface area (Å²) in [6, 6.07) is 12.5. The van der Waals surface area contributed by atoms with E-state index in [0.717, 1.165) is 48.1 Å². The predicted octanol–water partition coefficient (Wildman–Crippen LogP) is 5.98. The number of nitrogen functional groups attached to an aromatic ring is 1. The maximum Gasteiger partial charge on any atom is 0.161 e. The molecule has 5 nitrogen and oxygen atoms in total. The van der Waals surface area contributed by atoms with E-state index in [2.05, 4.69) is 44.0 Å². The second kappa shape index (κ2) is 9.54. The third-order valence-corrected chi connectivity index (χ3v) is 6.36. The fourth-order valence-electron chi connectivity index (χ4n) is 4.83. The summed E-state index contributed by atoms with van der Waals surface area (Å²) < 4.78 is 12.2. The van der Waals surface area contributed by atoms with Gasteiger partial charge in [0.2, 0.25) is 0 Å². The van der Waals surface area contributed by atoms with Gasteiger partial charge in [-0.2, -0.15) is 5.26 Å². The average molecular weight is 442 g/mol. The van der Waals surface area contributed by atoms with E-state index in [9.17, 15) is 5.26 Å². The van der Waals surface area contributed by atoms with E-state index in [-0.39, 0.29) is 0 Å². The summed E-state index contributed by atoms with van der Waals surface area (Å²) in [4.78, 5) is 4.53. The molecule has 4 rings (SSSR count). The Balaban J connectivity index is 1.73. The van der Waals surface area contributed by atoms with Crippen molar-refractivity contribution in [2.45, 2.75) is 60.0 Å². The van der Waals surface area contributed by atoms with Crippen LogP contribution in [0.5, 0.6) is 11.5 Å². The summed E-state index contributed by atoms with van der Waals surface area (Å²) in [7, 11) is 0. The van der Waals surface area contributed by atoms with Crippen molar-refractivity contribution in [2.24, 2.45) is 0 Å². The normalized spacial score (nSPS) is 12.7. The highest BCUT2D eigenvalue weighted by Gasteiger charge is 2.23. The lowest BCUT2D eigenvalue weighted by Crippen LogP contribution is -2.12. The van der Waals surface area contributed by atoms with Gasteiger partial charge in [0, 0.05) is 11.3 Å². The van der Waals surface area contributed by atoms with E-state index in [4.69, 9.17) is 15.2 Å². The fraction of sp³-hybridized carbons (Fsp3) is 0.357. The maximum absolute atomic E-state index is 9.85. The molecule has 0 spiro atoms. The van der Waals surface area contributed by atoms with Crippen LogP contribution >= 0.6 is 0 Å². The molecule has 5 heteroatoms. The summed E-state index contributed by atoms with van der Waals surface area (Å²) in [6.07, 6.45) is 3.98. The molecular formula is C28H31N3O2. The average Bonchev–Trinajstić information content (AvgIpc) is 2.78. The molecule has 0 saturated carbocycles. The molecule has 170 valence electrons. The number of rotatable bonds is 6. The Bertz CT molecular complexity index is 1220. The van der Waals surface area contributed by atoms with Gasteiger partial charge in [0.1, 0.15) is 24.1 Å². The predicted molar refractivity (Wildman–Crippen MR) is 132 cm³/mol. The molecule has 0 saturated heterocycles. The van der Waals surface area contributed by atoms with E-state index in [0.29, 0.717) is 36.1 Å². The Morgan fingerprint density at radius 2 is 1.73 bits per heavy atom. The number of aryl methyl sites for hydroxylation is 4. The van der Waals surface area contributed by atoms with Crippen LogP contribution in [0.15, 0.2) is 30.3 Å². The van der Waals surface area contributed by atoms with Gasteiger partial charge < -0.3 is 15.2 Å². The van der Waals surface area contributed by atoms with Crippen LogP contribution in [-0.2, 0) is 19.4 Å². The molecule has 1 aromatic heterocycles. The molecule has 1 aliphatic rings. The van der Waals surface area contributed by atoms with Gasteiger partial charge >= 0.3 is 0 Å². The Kier molecular flexibility index (Phi) is 6.55. The van der Waals surface area contributed by atoms with Crippen LogP contribution in [-0.4, -0.2) is 11.6 Å². The van der Waals surface area contributed by atoms with Gasteiger partial charge in [-0.1, -0.05) is 23.8 Å². The highest BCUT2D eigenvalue weighted by atomic mass is 16.5. The Morgan fingerprint density at radius 3 is 2.42 bits per heavy atom. The first-order valence-corrected chi connectivity index (χ1v) is 11.6. The molecule has 0 amide bonds. The minimum atomic E-state index is 0.303. The molecule has 0 radical (unpaired) electrons. The lowest BCUT2D eigenvalue weighted by molar-refractivity contribution is 0.268. The highest BCUT2D eigenvalue weighted by molar-refractivity contribution is 5.80. The molecule has 2 N–H and O–H groups in total. The first kappa shape index (κ1) is 22.7. The largest absolute Gasteiger partial charge is 0.490 e. The number of benzene rings is 2. The Hall–Kier alpha value is -3.52. The van der Waals surface area contributed by atoms with Crippen molar-refractivity contribution in [2.75, 3.05) is 12.3 Å². The Morgan fingerprint density at radius 1 is 1.00 bits per heavy atom. The molecule has 1 aliphatic carbocycles. The van der Waals surface area contributed by atoms with Crippen LogP contribution in [0.2, 0.25) is 0 Å². The zero-order chi connectivity index (χ0) is 23.5. The van der Waals surface area contributed by atoms with Crippen LogP contribution in [0.1, 0.15) is 58.8 Å². The van der Waals surface area contributed by atoms with Crippen LogP contribution in [0.25, 0.3) is 11.1 Å². The number of nitriles is 1. The molecule has 3 aromatic rings. The molecule has 0 fully saturated rings. The Labute approximate surface area is 196 Å². The summed E-state index contributed by atoms with van der Waals surface area (Å²) >= 11 is 0. The van der Waals surface area contributed by atoms with Gasteiger partial charge in [-0.15, -0.1) is 0 Å². The number of hydrogen-bond donors (Lipinski definition) is 1. The van der Waals surface area contributed by atoms with Crippen LogP contribution in [0, 0.1) is 32.1 Å². The zero-order valence-corrected chi connectivity index (χ0v) is 19.9. The first-order chi connectivity index (χ1) is 15.9. The summed E-state index contributed by atoms with van der Waals surface area (Å²) in [5.41, 5.74) is 15.5. The number of ether oxygens (including phenoxy) is 2. The molecule has 33 heavy (non-hydrogen) atoms. The SMILES string of the molecule is CCOc1cc(-c2c(C#N)c(N)nc3c2CCCC3)ccc1OCc1c(C)cc(C)cc1C. The highest BCUT2D eigenvalue weighted by Crippen LogP contribution is 2.40. The van der Waals surface area contributed by atoms with Gasteiger partial charge in [-0.25, -0.2) is 4.98 Å². The number of fused-ring (bicyclic) bond motifs is 1. The van der Waals surface area contributed by atoms with Crippen molar-refractivity contribution in [3.05, 3.63) is 69.4 Å². The van der Waals surface area contributed by atoms with Crippen molar-refractivity contribution in [1.29, 1.82) is 5.26 Å². The van der Waals surface area contributed by atoms with Crippen LogP contribution in [0.4, 0.5) is 5.82 Å². The van der Waals surface area contributed by atoms with Gasteiger partial charge in [0.15, 0.2) is 11.5 Å². The molecule has 0 bridgehead atoms. The second-order valence-corrected chi connectivity index (χ2v) is 8.75. The van der Waals surface area contributed by atoms with E-state index in [1.165, 1.54) is 22.3 Å². The number of aromatic nitrogens is 1. The third kappa shape index (κ3) is 4.52. The number of anilines is 1. The van der Waals surface area contributed by atoms with Gasteiger partial charge in [0.05, 0.1) is 6.61 Å². The van der Waals surface area contributed by atoms with Crippen LogP contribution in [0.3, 0.4) is 0 Å². The number of nitrogens with zero attached hydrogens (tertiary/aromatic N) is 2. The number of pyridine rings is 1. The summed E-state index contributed by atoms with van der Waals surface area (Å²) in [6.45, 7) is 9.29. The molecule has 0 unspecified atom stereocenters. The van der Waals surface area contributed by atoms with Gasteiger partial charge in [-0.3, -0.25) is 0 Å². The van der Waals surface area contributed by atoms with Crippen molar-refractivity contribution in [3.63, 3.8) is 0 Å². The van der Waals surface area contributed by atoms with E-state index in [1.54, 1.807) is 0 Å². The molecule has 0 atom stereocenters. The maximum atomic E-state index is 9.85. The monoisotopic (exact) mass is 441 g/mol. The van der Waals surface area contributed by atoms with E-state index >= 15 is 0 Å². The third-order valence-electron chi connectivity index (χ3n) is 6.36. The smallest absolute Gasteiger partial charge is 0.161 e. The zero-order valence-electron chi connectivity index (χ0n) is 19.9.